The molecule has 1 saturated carbocycles. The zero-order chi connectivity index (χ0) is 23.4. The molecule has 4 rings (SSSR count). The second kappa shape index (κ2) is 10.1. The van der Waals surface area contributed by atoms with Crippen molar-refractivity contribution < 1.29 is 9.59 Å². The summed E-state index contributed by atoms with van der Waals surface area (Å²) >= 11 is 0. The van der Waals surface area contributed by atoms with Crippen LogP contribution >= 0.6 is 0 Å². The monoisotopic (exact) mass is 448 g/mol. The fourth-order valence-corrected chi connectivity index (χ4v) is 4.51. The van der Waals surface area contributed by atoms with Gasteiger partial charge in [0.05, 0.1) is 17.5 Å². The average molecular weight is 449 g/mol. The van der Waals surface area contributed by atoms with E-state index in [1.807, 2.05) is 44.2 Å². The predicted molar refractivity (Wildman–Crippen MR) is 127 cm³/mol. The summed E-state index contributed by atoms with van der Waals surface area (Å²) < 4.78 is 0. The zero-order valence-electron chi connectivity index (χ0n) is 19.5. The van der Waals surface area contributed by atoms with Crippen LogP contribution in [0.25, 0.3) is 10.9 Å². The largest absolute Gasteiger partial charge is 0.355 e. The lowest BCUT2D eigenvalue weighted by Crippen LogP contribution is -2.32. The molecule has 1 aliphatic carbocycles. The lowest BCUT2D eigenvalue weighted by Gasteiger charge is -2.28. The maximum atomic E-state index is 12.4. The molecule has 8 heteroatoms. The number of aromatic amines is 1. The molecule has 2 aromatic heterocycles. The van der Waals surface area contributed by atoms with Gasteiger partial charge in [-0.25, -0.2) is 4.98 Å². The average Bonchev–Trinajstić information content (AvgIpc) is 3.30. The van der Waals surface area contributed by atoms with Crippen LogP contribution in [0.2, 0.25) is 0 Å². The highest BCUT2D eigenvalue weighted by Crippen LogP contribution is 2.36. The first kappa shape index (κ1) is 22.9. The fourth-order valence-electron chi connectivity index (χ4n) is 4.51. The van der Waals surface area contributed by atoms with E-state index < -0.39 is 0 Å². The molecule has 3 N–H and O–H groups in total. The fraction of sp³-hybridized carbons (Fsp3) is 0.480. The summed E-state index contributed by atoms with van der Waals surface area (Å²) in [5.41, 5.74) is 2.53. The number of rotatable bonds is 7. The number of benzene rings is 1. The van der Waals surface area contributed by atoms with Crippen LogP contribution in [0.5, 0.6) is 0 Å². The van der Waals surface area contributed by atoms with Crippen LogP contribution < -0.4 is 10.6 Å². The van der Waals surface area contributed by atoms with Crippen molar-refractivity contribution in [2.75, 3.05) is 13.6 Å². The molecule has 3 aromatic rings. The Kier molecular flexibility index (Phi) is 7.01. The van der Waals surface area contributed by atoms with Gasteiger partial charge in [-0.15, -0.1) is 0 Å². The number of carbonyl (C=O) groups is 2. The van der Waals surface area contributed by atoms with Gasteiger partial charge in [-0.1, -0.05) is 32.0 Å². The van der Waals surface area contributed by atoms with E-state index >= 15 is 0 Å². The number of carbonyl (C=O) groups excluding carboxylic acids is 2. The van der Waals surface area contributed by atoms with Crippen LogP contribution in [0.4, 0.5) is 0 Å². The molecule has 1 aromatic carbocycles. The van der Waals surface area contributed by atoms with E-state index in [1.165, 1.54) is 0 Å². The van der Waals surface area contributed by atoms with E-state index in [1.54, 1.807) is 7.05 Å². The van der Waals surface area contributed by atoms with Crippen LogP contribution in [-0.4, -0.2) is 45.6 Å². The standard InChI is InChI=1S/C25H32N6O2/c1-15(2)24-29-22(30-31-24)13-23(32)27-14-16-8-10-17(11-9-16)21-12-19(25(33)26-3)18-6-4-5-7-20(18)28-21/h4-7,12,15-17H,8-11,13-14H2,1-3H3,(H,26,33)(H,27,32)(H,29,30,31). The van der Waals surface area contributed by atoms with Crippen LogP contribution in [0, 0.1) is 5.92 Å². The molecule has 0 unspecified atom stereocenters. The van der Waals surface area contributed by atoms with Crippen molar-refractivity contribution in [3.63, 3.8) is 0 Å². The number of amides is 2. The summed E-state index contributed by atoms with van der Waals surface area (Å²) in [5.74, 6) is 2.23. The number of aromatic nitrogens is 4. The minimum absolute atomic E-state index is 0.0324. The first-order chi connectivity index (χ1) is 15.9. The number of hydrogen-bond acceptors (Lipinski definition) is 5. The molecule has 0 aliphatic heterocycles. The van der Waals surface area contributed by atoms with Crippen LogP contribution in [0.1, 0.15) is 79.1 Å². The van der Waals surface area contributed by atoms with Gasteiger partial charge in [-0.3, -0.25) is 19.7 Å². The van der Waals surface area contributed by atoms with Gasteiger partial charge in [0.1, 0.15) is 5.82 Å². The SMILES string of the molecule is CNC(=O)c1cc(C2CCC(CNC(=O)Cc3nc(C(C)C)n[nH]3)CC2)nc2ccccc12. The van der Waals surface area contributed by atoms with Crippen molar-refractivity contribution in [1.29, 1.82) is 0 Å². The summed E-state index contributed by atoms with van der Waals surface area (Å²) in [7, 11) is 1.66. The van der Waals surface area contributed by atoms with Gasteiger partial charge in [0.2, 0.25) is 5.91 Å². The normalized spacial score (nSPS) is 18.4. The van der Waals surface area contributed by atoms with E-state index in [0.29, 0.717) is 29.8 Å². The highest BCUT2D eigenvalue weighted by molar-refractivity contribution is 6.06. The van der Waals surface area contributed by atoms with Crippen LogP contribution in [0.15, 0.2) is 30.3 Å². The molecule has 8 nitrogen and oxygen atoms in total. The highest BCUT2D eigenvalue weighted by atomic mass is 16.2. The lowest BCUT2D eigenvalue weighted by atomic mass is 9.80. The lowest BCUT2D eigenvalue weighted by molar-refractivity contribution is -0.120. The van der Waals surface area contributed by atoms with Crippen molar-refractivity contribution in [2.24, 2.45) is 5.92 Å². The Labute approximate surface area is 194 Å². The first-order valence-electron chi connectivity index (χ1n) is 11.7. The van der Waals surface area contributed by atoms with Gasteiger partial charge < -0.3 is 10.6 Å². The van der Waals surface area contributed by atoms with Gasteiger partial charge in [0.25, 0.3) is 5.91 Å². The van der Waals surface area contributed by atoms with E-state index in [-0.39, 0.29) is 24.2 Å². The maximum absolute atomic E-state index is 12.4. The third kappa shape index (κ3) is 5.38. The molecule has 0 atom stereocenters. The molecule has 0 spiro atoms. The molecule has 33 heavy (non-hydrogen) atoms. The van der Waals surface area contributed by atoms with Crippen molar-refractivity contribution in [3.05, 3.63) is 53.2 Å². The van der Waals surface area contributed by atoms with Crippen LogP contribution in [-0.2, 0) is 11.2 Å². The highest BCUT2D eigenvalue weighted by Gasteiger charge is 2.25. The third-order valence-corrected chi connectivity index (χ3v) is 6.45. The first-order valence-corrected chi connectivity index (χ1v) is 11.7. The Morgan fingerprint density at radius 2 is 1.88 bits per heavy atom. The quantitative estimate of drug-likeness (QED) is 0.512. The number of fused-ring (bicyclic) bond motifs is 1. The summed E-state index contributed by atoms with van der Waals surface area (Å²) in [4.78, 5) is 34.0. The summed E-state index contributed by atoms with van der Waals surface area (Å²) in [6.45, 7) is 4.72. The Bertz CT molecular complexity index is 1130. The molecule has 174 valence electrons. The van der Waals surface area contributed by atoms with E-state index in [0.717, 1.165) is 48.1 Å². The van der Waals surface area contributed by atoms with E-state index in [2.05, 4.69) is 25.8 Å². The van der Waals surface area contributed by atoms with Gasteiger partial charge in [-0.05, 0) is 43.7 Å². The minimum Gasteiger partial charge on any atom is -0.355 e. The van der Waals surface area contributed by atoms with Crippen molar-refractivity contribution in [3.8, 4) is 0 Å². The molecular formula is C25H32N6O2. The Morgan fingerprint density at radius 3 is 2.58 bits per heavy atom. The maximum Gasteiger partial charge on any atom is 0.251 e. The molecule has 0 radical (unpaired) electrons. The predicted octanol–water partition coefficient (Wildman–Crippen LogP) is 3.47. The molecule has 1 fully saturated rings. The molecule has 2 heterocycles. The molecular weight excluding hydrogens is 416 g/mol. The Balaban J connectivity index is 1.33. The van der Waals surface area contributed by atoms with Crippen molar-refractivity contribution in [2.45, 2.75) is 57.8 Å². The Hall–Kier alpha value is -3.29. The number of H-pyrrole nitrogens is 1. The smallest absolute Gasteiger partial charge is 0.251 e. The van der Waals surface area contributed by atoms with E-state index in [9.17, 15) is 9.59 Å². The van der Waals surface area contributed by atoms with Gasteiger partial charge in [-0.2, -0.15) is 5.10 Å². The van der Waals surface area contributed by atoms with Gasteiger partial charge >= 0.3 is 0 Å². The number of hydrogen-bond donors (Lipinski definition) is 3. The van der Waals surface area contributed by atoms with Gasteiger partial charge in [0, 0.05) is 36.5 Å². The molecule has 2 amide bonds. The number of para-hydroxylation sites is 1. The topological polar surface area (TPSA) is 113 Å². The van der Waals surface area contributed by atoms with Crippen molar-refractivity contribution >= 4 is 22.7 Å². The minimum atomic E-state index is -0.0847. The second-order valence-electron chi connectivity index (χ2n) is 9.18. The van der Waals surface area contributed by atoms with Crippen molar-refractivity contribution in [1.82, 2.24) is 30.8 Å². The zero-order valence-corrected chi connectivity index (χ0v) is 19.5. The number of nitrogens with zero attached hydrogens (tertiary/aromatic N) is 3. The third-order valence-electron chi connectivity index (χ3n) is 6.45. The van der Waals surface area contributed by atoms with Gasteiger partial charge in [0.15, 0.2) is 5.82 Å². The van der Waals surface area contributed by atoms with Crippen LogP contribution in [0.3, 0.4) is 0 Å². The number of nitrogens with one attached hydrogen (secondary N) is 3. The summed E-state index contributed by atoms with van der Waals surface area (Å²) in [6.07, 6.45) is 4.26. The molecule has 0 saturated heterocycles. The second-order valence-corrected chi connectivity index (χ2v) is 9.18. The number of pyridine rings is 1. The Morgan fingerprint density at radius 1 is 1.12 bits per heavy atom. The molecule has 0 bridgehead atoms. The summed E-state index contributed by atoms with van der Waals surface area (Å²) in [5, 5.41) is 13.7. The molecule has 1 aliphatic rings. The van der Waals surface area contributed by atoms with E-state index in [4.69, 9.17) is 4.98 Å². The summed E-state index contributed by atoms with van der Waals surface area (Å²) in [6, 6.07) is 9.75.